The van der Waals surface area contributed by atoms with Crippen molar-refractivity contribution in [2.24, 2.45) is 0 Å². The lowest BCUT2D eigenvalue weighted by Gasteiger charge is -2.35. The molecule has 8 heteroatoms. The number of nitrogens with one attached hydrogen (secondary N) is 1. The third-order valence-corrected chi connectivity index (χ3v) is 5.00. The van der Waals surface area contributed by atoms with Crippen molar-refractivity contribution in [3.8, 4) is 0 Å². The minimum atomic E-state index is -0.425. The van der Waals surface area contributed by atoms with Gasteiger partial charge in [0, 0.05) is 44.0 Å². The second kappa shape index (κ2) is 10.3. The Labute approximate surface area is 175 Å². The van der Waals surface area contributed by atoms with E-state index < -0.39 is 5.82 Å². The molecule has 1 fully saturated rings. The summed E-state index contributed by atoms with van der Waals surface area (Å²) in [7, 11) is 1.69. The minimum Gasteiger partial charge on any atom is -0.339 e. The molecule has 0 spiro atoms. The van der Waals surface area contributed by atoms with Crippen LogP contribution in [-0.4, -0.2) is 72.8 Å². The van der Waals surface area contributed by atoms with Crippen LogP contribution in [-0.2, 0) is 16.1 Å². The molecule has 1 heterocycles. The second-order valence-electron chi connectivity index (χ2n) is 7.48. The van der Waals surface area contributed by atoms with Crippen LogP contribution in [0.5, 0.6) is 0 Å². The molecular formula is C22H26F2N4O2. The highest BCUT2D eigenvalue weighted by Crippen LogP contribution is 2.12. The molecule has 0 aromatic heterocycles. The van der Waals surface area contributed by atoms with Gasteiger partial charge in [-0.05, 0) is 31.3 Å². The molecule has 0 bridgehead atoms. The molecule has 30 heavy (non-hydrogen) atoms. The minimum absolute atomic E-state index is 0.0233. The summed E-state index contributed by atoms with van der Waals surface area (Å²) in [6.45, 7) is 3.13. The molecule has 0 radical (unpaired) electrons. The van der Waals surface area contributed by atoms with Gasteiger partial charge in [-0.3, -0.25) is 19.4 Å². The fraction of sp³-hybridized carbons (Fsp3) is 0.364. The molecule has 0 aliphatic carbocycles. The van der Waals surface area contributed by atoms with Crippen molar-refractivity contribution in [1.29, 1.82) is 0 Å². The third kappa shape index (κ3) is 6.33. The first-order valence-corrected chi connectivity index (χ1v) is 9.88. The molecule has 1 N–H and O–H groups in total. The SMILES string of the molecule is CN(CC(=O)Nc1cccc(F)c1)CC(=O)N1CCN(Cc2ccccc2F)CC1. The van der Waals surface area contributed by atoms with Crippen LogP contribution in [0.2, 0.25) is 0 Å². The molecule has 2 amide bonds. The molecule has 2 aromatic carbocycles. The number of halogens is 2. The van der Waals surface area contributed by atoms with E-state index in [1.54, 1.807) is 35.0 Å². The van der Waals surface area contributed by atoms with Crippen molar-refractivity contribution in [1.82, 2.24) is 14.7 Å². The van der Waals surface area contributed by atoms with Gasteiger partial charge in [-0.2, -0.15) is 0 Å². The van der Waals surface area contributed by atoms with Gasteiger partial charge in [0.25, 0.3) is 0 Å². The summed E-state index contributed by atoms with van der Waals surface area (Å²) in [6, 6.07) is 12.4. The number of benzene rings is 2. The largest absolute Gasteiger partial charge is 0.339 e. The van der Waals surface area contributed by atoms with Crippen LogP contribution in [0.15, 0.2) is 48.5 Å². The first kappa shape index (κ1) is 21.9. The summed E-state index contributed by atoms with van der Waals surface area (Å²) in [5, 5.41) is 2.62. The highest BCUT2D eigenvalue weighted by atomic mass is 19.1. The first-order chi connectivity index (χ1) is 14.4. The van der Waals surface area contributed by atoms with Gasteiger partial charge in [0.05, 0.1) is 13.1 Å². The van der Waals surface area contributed by atoms with E-state index in [9.17, 15) is 18.4 Å². The monoisotopic (exact) mass is 416 g/mol. The quantitative estimate of drug-likeness (QED) is 0.752. The fourth-order valence-corrected chi connectivity index (χ4v) is 3.42. The van der Waals surface area contributed by atoms with Crippen LogP contribution < -0.4 is 5.32 Å². The van der Waals surface area contributed by atoms with Crippen molar-refractivity contribution in [3.63, 3.8) is 0 Å². The summed E-state index contributed by atoms with van der Waals surface area (Å²) >= 11 is 0. The maximum atomic E-state index is 13.8. The number of hydrogen-bond acceptors (Lipinski definition) is 4. The molecule has 1 aliphatic rings. The van der Waals surface area contributed by atoms with Crippen molar-refractivity contribution < 1.29 is 18.4 Å². The van der Waals surface area contributed by atoms with Gasteiger partial charge in [0.2, 0.25) is 11.8 Å². The number of likely N-dealkylation sites (N-methyl/N-ethyl adjacent to an activating group) is 1. The summed E-state index contributed by atoms with van der Waals surface area (Å²) < 4.78 is 27.0. The Morgan fingerprint density at radius 2 is 1.73 bits per heavy atom. The smallest absolute Gasteiger partial charge is 0.238 e. The molecular weight excluding hydrogens is 390 g/mol. The normalized spacial score (nSPS) is 14.7. The number of anilines is 1. The van der Waals surface area contributed by atoms with Gasteiger partial charge in [-0.25, -0.2) is 8.78 Å². The summed E-state index contributed by atoms with van der Waals surface area (Å²) in [6.07, 6.45) is 0. The Hall–Kier alpha value is -2.84. The van der Waals surface area contributed by atoms with Crippen molar-refractivity contribution in [3.05, 3.63) is 65.7 Å². The van der Waals surface area contributed by atoms with E-state index in [0.717, 1.165) is 0 Å². The Balaban J connectivity index is 1.40. The molecule has 3 rings (SSSR count). The maximum absolute atomic E-state index is 13.8. The van der Waals surface area contributed by atoms with Gasteiger partial charge in [-0.15, -0.1) is 0 Å². The van der Waals surface area contributed by atoms with Crippen LogP contribution in [0.1, 0.15) is 5.56 Å². The average molecular weight is 416 g/mol. The second-order valence-corrected chi connectivity index (χ2v) is 7.48. The number of nitrogens with zero attached hydrogens (tertiary/aromatic N) is 3. The average Bonchev–Trinajstić information content (AvgIpc) is 2.70. The zero-order valence-electron chi connectivity index (χ0n) is 17.0. The lowest BCUT2D eigenvalue weighted by molar-refractivity contribution is -0.134. The van der Waals surface area contributed by atoms with E-state index in [0.29, 0.717) is 44.0 Å². The number of carbonyl (C=O) groups is 2. The van der Waals surface area contributed by atoms with E-state index in [4.69, 9.17) is 0 Å². The van der Waals surface area contributed by atoms with E-state index in [-0.39, 0.29) is 30.7 Å². The van der Waals surface area contributed by atoms with Gasteiger partial charge < -0.3 is 10.2 Å². The topological polar surface area (TPSA) is 55.9 Å². The van der Waals surface area contributed by atoms with Gasteiger partial charge in [0.1, 0.15) is 11.6 Å². The van der Waals surface area contributed by atoms with Gasteiger partial charge in [-0.1, -0.05) is 24.3 Å². The summed E-state index contributed by atoms with van der Waals surface area (Å²) in [5.41, 5.74) is 1.03. The molecule has 6 nitrogen and oxygen atoms in total. The number of piperazine rings is 1. The molecule has 2 aromatic rings. The molecule has 160 valence electrons. The van der Waals surface area contributed by atoms with E-state index in [1.165, 1.54) is 24.3 Å². The van der Waals surface area contributed by atoms with Crippen LogP contribution in [0, 0.1) is 11.6 Å². The van der Waals surface area contributed by atoms with E-state index in [1.807, 2.05) is 6.07 Å². The number of carbonyl (C=O) groups excluding carboxylic acids is 2. The van der Waals surface area contributed by atoms with Gasteiger partial charge >= 0.3 is 0 Å². The lowest BCUT2D eigenvalue weighted by atomic mass is 10.2. The third-order valence-electron chi connectivity index (χ3n) is 5.00. The number of hydrogen-bond donors (Lipinski definition) is 1. The Bertz CT molecular complexity index is 885. The molecule has 1 aliphatic heterocycles. The zero-order chi connectivity index (χ0) is 21.5. The molecule has 0 saturated carbocycles. The van der Waals surface area contributed by atoms with Crippen LogP contribution >= 0.6 is 0 Å². The van der Waals surface area contributed by atoms with Crippen molar-refractivity contribution >= 4 is 17.5 Å². The van der Waals surface area contributed by atoms with Crippen LogP contribution in [0.4, 0.5) is 14.5 Å². The predicted octanol–water partition coefficient (Wildman–Crippen LogP) is 2.18. The highest BCUT2D eigenvalue weighted by molar-refractivity contribution is 5.92. The standard InChI is InChI=1S/C22H26F2N4O2/c1-26(15-21(29)25-19-7-4-6-18(23)13-19)16-22(30)28-11-9-27(10-12-28)14-17-5-2-3-8-20(17)24/h2-8,13H,9-12,14-16H2,1H3,(H,25,29). The van der Waals surface area contributed by atoms with Gasteiger partial charge in [0.15, 0.2) is 0 Å². The molecule has 0 atom stereocenters. The number of amides is 2. The van der Waals surface area contributed by atoms with Crippen LogP contribution in [0.3, 0.4) is 0 Å². The van der Waals surface area contributed by atoms with E-state index in [2.05, 4.69) is 10.2 Å². The summed E-state index contributed by atoms with van der Waals surface area (Å²) in [5.74, 6) is -1.01. The molecule has 1 saturated heterocycles. The highest BCUT2D eigenvalue weighted by Gasteiger charge is 2.23. The fourth-order valence-electron chi connectivity index (χ4n) is 3.42. The Morgan fingerprint density at radius 3 is 2.43 bits per heavy atom. The molecule has 0 unspecified atom stereocenters. The zero-order valence-corrected chi connectivity index (χ0v) is 17.0. The number of rotatable bonds is 7. The summed E-state index contributed by atoms with van der Waals surface area (Å²) in [4.78, 5) is 30.1. The Kier molecular flexibility index (Phi) is 7.48. The van der Waals surface area contributed by atoms with Crippen LogP contribution in [0.25, 0.3) is 0 Å². The van der Waals surface area contributed by atoms with E-state index >= 15 is 0 Å². The Morgan fingerprint density at radius 1 is 1.00 bits per heavy atom. The van der Waals surface area contributed by atoms with Crippen molar-refractivity contribution in [2.45, 2.75) is 6.54 Å². The first-order valence-electron chi connectivity index (χ1n) is 9.88. The predicted molar refractivity (Wildman–Crippen MR) is 111 cm³/mol. The van der Waals surface area contributed by atoms with Crippen molar-refractivity contribution in [2.75, 3.05) is 51.6 Å². The maximum Gasteiger partial charge on any atom is 0.238 e. The lowest BCUT2D eigenvalue weighted by Crippen LogP contribution is -2.51.